The van der Waals surface area contributed by atoms with Crippen LogP contribution in [0, 0.1) is 17.2 Å². The molecule has 0 saturated heterocycles. The molecule has 5 heteroatoms. The fourth-order valence-electron chi connectivity index (χ4n) is 3.32. The first-order valence-corrected chi connectivity index (χ1v) is 9.82. The maximum absolute atomic E-state index is 13.0. The number of benzene rings is 2. The Morgan fingerprint density at radius 2 is 2.00 bits per heavy atom. The first-order chi connectivity index (χ1) is 14.1. The van der Waals surface area contributed by atoms with Gasteiger partial charge in [0.05, 0.1) is 7.11 Å². The second-order valence-electron chi connectivity index (χ2n) is 7.22. The number of carbonyl (C=O) groups is 1. The molecule has 2 aromatic carbocycles. The van der Waals surface area contributed by atoms with Crippen molar-refractivity contribution in [3.8, 4) is 17.6 Å². The van der Waals surface area contributed by atoms with Crippen molar-refractivity contribution in [2.45, 2.75) is 32.4 Å². The molecule has 1 amide bonds. The highest BCUT2D eigenvalue weighted by molar-refractivity contribution is 5.92. The molecule has 1 unspecified atom stereocenters. The van der Waals surface area contributed by atoms with Gasteiger partial charge in [0.25, 0.3) is 0 Å². The third kappa shape index (κ3) is 5.61. The van der Waals surface area contributed by atoms with E-state index < -0.39 is 0 Å². The third-order valence-electron chi connectivity index (χ3n) is 5.17. The molecule has 0 radical (unpaired) electrons. The molecule has 0 bridgehead atoms. The van der Waals surface area contributed by atoms with E-state index in [2.05, 4.69) is 19.1 Å². The largest absolute Gasteiger partial charge is 0.493 e. The summed E-state index contributed by atoms with van der Waals surface area (Å²) < 4.78 is 10.7. The second kappa shape index (κ2) is 9.79. The van der Waals surface area contributed by atoms with Gasteiger partial charge in [-0.25, -0.2) is 0 Å². The highest BCUT2D eigenvalue weighted by atomic mass is 16.5. The molecule has 29 heavy (non-hydrogen) atoms. The van der Waals surface area contributed by atoms with Gasteiger partial charge < -0.3 is 14.4 Å². The topological polar surface area (TPSA) is 62.6 Å². The van der Waals surface area contributed by atoms with Gasteiger partial charge in [0.15, 0.2) is 18.1 Å². The lowest BCUT2D eigenvalue weighted by Crippen LogP contribution is -2.38. The van der Waals surface area contributed by atoms with Crippen LogP contribution in [-0.2, 0) is 11.3 Å². The van der Waals surface area contributed by atoms with Gasteiger partial charge in [0.2, 0.25) is 5.91 Å². The number of carbonyl (C=O) groups excluding carboxylic acids is 1. The van der Waals surface area contributed by atoms with Crippen LogP contribution in [0.4, 0.5) is 0 Å². The molecule has 0 aliphatic heterocycles. The summed E-state index contributed by atoms with van der Waals surface area (Å²) in [5, 5.41) is 8.67. The van der Waals surface area contributed by atoms with E-state index in [1.54, 1.807) is 31.4 Å². The van der Waals surface area contributed by atoms with Crippen LogP contribution in [0.1, 0.15) is 30.9 Å². The summed E-state index contributed by atoms with van der Waals surface area (Å²) in [5.41, 5.74) is 1.96. The second-order valence-corrected chi connectivity index (χ2v) is 7.22. The van der Waals surface area contributed by atoms with E-state index in [9.17, 15) is 4.79 Å². The maximum atomic E-state index is 13.0. The fourth-order valence-corrected chi connectivity index (χ4v) is 3.32. The number of nitrogens with zero attached hydrogens (tertiary/aromatic N) is 2. The number of amides is 1. The van der Waals surface area contributed by atoms with Gasteiger partial charge in [-0.1, -0.05) is 36.4 Å². The molecule has 0 heterocycles. The van der Waals surface area contributed by atoms with E-state index >= 15 is 0 Å². The molecule has 2 aromatic rings. The molecule has 1 atom stereocenters. The standard InChI is InChI=1S/C24H26N2O3/c1-18(21-10-11-21)26(17-20-6-4-3-5-7-20)24(27)13-9-19-8-12-22(29-15-14-25)23(16-19)28-2/h3-9,12-13,16,18,21H,10-11,15,17H2,1-2H3. The monoisotopic (exact) mass is 390 g/mol. The minimum absolute atomic E-state index is 0.00275. The average Bonchev–Trinajstić information content (AvgIpc) is 3.60. The van der Waals surface area contributed by atoms with E-state index in [1.807, 2.05) is 35.2 Å². The van der Waals surface area contributed by atoms with Crippen LogP contribution >= 0.6 is 0 Å². The Labute approximate surface area is 172 Å². The summed E-state index contributed by atoms with van der Waals surface area (Å²) in [6.45, 7) is 2.69. The molecule has 0 N–H and O–H groups in total. The maximum Gasteiger partial charge on any atom is 0.247 e. The van der Waals surface area contributed by atoms with Gasteiger partial charge in [0.1, 0.15) is 6.07 Å². The van der Waals surface area contributed by atoms with Crippen LogP contribution in [0.15, 0.2) is 54.6 Å². The lowest BCUT2D eigenvalue weighted by Gasteiger charge is -2.28. The molecule has 3 rings (SSSR count). The van der Waals surface area contributed by atoms with Crippen molar-refractivity contribution in [1.29, 1.82) is 5.26 Å². The van der Waals surface area contributed by atoms with E-state index in [-0.39, 0.29) is 18.6 Å². The summed E-state index contributed by atoms with van der Waals surface area (Å²) >= 11 is 0. The zero-order valence-electron chi connectivity index (χ0n) is 16.9. The molecule has 1 aliphatic rings. The number of methoxy groups -OCH3 is 1. The van der Waals surface area contributed by atoms with Crippen molar-refractivity contribution in [1.82, 2.24) is 4.90 Å². The highest BCUT2D eigenvalue weighted by Gasteiger charge is 2.33. The minimum atomic E-state index is -0.0441. The van der Waals surface area contributed by atoms with Crippen LogP contribution in [0.2, 0.25) is 0 Å². The molecule has 1 aliphatic carbocycles. The number of hydrogen-bond donors (Lipinski definition) is 0. The summed E-state index contributed by atoms with van der Waals surface area (Å²) in [5.74, 6) is 1.62. The van der Waals surface area contributed by atoms with E-state index in [1.165, 1.54) is 12.8 Å². The molecule has 0 spiro atoms. The summed E-state index contributed by atoms with van der Waals surface area (Å²) in [4.78, 5) is 15.0. The van der Waals surface area contributed by atoms with Gasteiger partial charge in [0, 0.05) is 18.7 Å². The predicted molar refractivity (Wildman–Crippen MR) is 112 cm³/mol. The molecule has 150 valence electrons. The quantitative estimate of drug-likeness (QED) is 0.594. The van der Waals surface area contributed by atoms with Crippen molar-refractivity contribution >= 4 is 12.0 Å². The van der Waals surface area contributed by atoms with Gasteiger partial charge in [-0.2, -0.15) is 5.26 Å². The van der Waals surface area contributed by atoms with E-state index in [4.69, 9.17) is 14.7 Å². The van der Waals surface area contributed by atoms with E-state index in [0.29, 0.717) is 24.0 Å². The summed E-state index contributed by atoms with van der Waals surface area (Å²) in [7, 11) is 1.55. The Morgan fingerprint density at radius 3 is 2.66 bits per heavy atom. The van der Waals surface area contributed by atoms with Crippen LogP contribution in [0.3, 0.4) is 0 Å². The Balaban J connectivity index is 1.74. The lowest BCUT2D eigenvalue weighted by molar-refractivity contribution is -0.129. The first-order valence-electron chi connectivity index (χ1n) is 9.82. The van der Waals surface area contributed by atoms with Gasteiger partial charge >= 0.3 is 0 Å². The molecule has 1 saturated carbocycles. The number of rotatable bonds is 9. The Morgan fingerprint density at radius 1 is 1.24 bits per heavy atom. The molecular weight excluding hydrogens is 364 g/mol. The van der Waals surface area contributed by atoms with Crippen LogP contribution in [0.25, 0.3) is 6.08 Å². The fraction of sp³-hybridized carbons (Fsp3) is 0.333. The van der Waals surface area contributed by atoms with Crippen LogP contribution < -0.4 is 9.47 Å². The SMILES string of the molecule is COc1cc(C=CC(=O)N(Cc2ccccc2)C(C)C2CC2)ccc1OCC#N. The van der Waals surface area contributed by atoms with Crippen molar-refractivity contribution in [3.05, 3.63) is 65.7 Å². The highest BCUT2D eigenvalue weighted by Crippen LogP contribution is 2.36. The average molecular weight is 390 g/mol. The zero-order chi connectivity index (χ0) is 20.6. The number of nitriles is 1. The number of hydrogen-bond acceptors (Lipinski definition) is 4. The smallest absolute Gasteiger partial charge is 0.247 e. The summed E-state index contributed by atoms with van der Waals surface area (Å²) in [6, 6.07) is 17.6. The van der Waals surface area contributed by atoms with Crippen molar-refractivity contribution in [2.75, 3.05) is 13.7 Å². The van der Waals surface area contributed by atoms with Crippen molar-refractivity contribution < 1.29 is 14.3 Å². The van der Waals surface area contributed by atoms with Crippen molar-refractivity contribution in [2.24, 2.45) is 5.92 Å². The van der Waals surface area contributed by atoms with Crippen LogP contribution in [0.5, 0.6) is 11.5 Å². The zero-order valence-corrected chi connectivity index (χ0v) is 16.9. The minimum Gasteiger partial charge on any atom is -0.493 e. The molecule has 0 aromatic heterocycles. The van der Waals surface area contributed by atoms with Gasteiger partial charge in [-0.3, -0.25) is 4.79 Å². The molecular formula is C24H26N2O3. The Bertz CT molecular complexity index is 898. The summed E-state index contributed by atoms with van der Waals surface area (Å²) in [6.07, 6.45) is 5.78. The molecule has 1 fully saturated rings. The third-order valence-corrected chi connectivity index (χ3v) is 5.17. The van der Waals surface area contributed by atoms with Gasteiger partial charge in [-0.15, -0.1) is 0 Å². The normalized spacial score (nSPS) is 14.2. The first kappa shape index (κ1) is 20.5. The van der Waals surface area contributed by atoms with Gasteiger partial charge in [-0.05, 0) is 55.0 Å². The van der Waals surface area contributed by atoms with E-state index in [0.717, 1.165) is 11.1 Å². The Hall–Kier alpha value is -3.26. The predicted octanol–water partition coefficient (Wildman–Crippen LogP) is 4.44. The Kier molecular flexibility index (Phi) is 6.91. The van der Waals surface area contributed by atoms with Crippen molar-refractivity contribution in [3.63, 3.8) is 0 Å². The van der Waals surface area contributed by atoms with Crippen LogP contribution in [-0.4, -0.2) is 30.6 Å². The molecule has 5 nitrogen and oxygen atoms in total. The lowest BCUT2D eigenvalue weighted by atomic mass is 10.1. The number of ether oxygens (including phenoxy) is 2.